The first-order valence-corrected chi connectivity index (χ1v) is 5.76. The minimum Gasteiger partial charge on any atom is -0.327 e. The summed E-state index contributed by atoms with van der Waals surface area (Å²) in [6.45, 7) is 6.14. The highest BCUT2D eigenvalue weighted by Gasteiger charge is 2.39. The minimum atomic E-state index is 0.363. The van der Waals surface area contributed by atoms with Gasteiger partial charge in [0.1, 0.15) is 0 Å². The average Bonchev–Trinajstić information content (AvgIpc) is 2.62. The molecule has 0 aromatic rings. The Morgan fingerprint density at radius 2 is 2.17 bits per heavy atom. The molecule has 0 radical (unpaired) electrons. The number of carbonyl (C=O) groups excluding carboxylic acids is 1. The minimum absolute atomic E-state index is 0.363. The largest absolute Gasteiger partial charge is 0.327 e. The molecule has 0 spiro atoms. The SMILES string of the molecule is CC.CC1CS[C@H]2CCC(=O)N12. The number of hydrogen-bond donors (Lipinski definition) is 0. The van der Waals surface area contributed by atoms with Gasteiger partial charge in [0.2, 0.25) is 5.91 Å². The van der Waals surface area contributed by atoms with Gasteiger partial charge in [0.25, 0.3) is 0 Å². The zero-order chi connectivity index (χ0) is 9.14. The van der Waals surface area contributed by atoms with E-state index in [1.807, 2.05) is 30.5 Å². The van der Waals surface area contributed by atoms with Gasteiger partial charge < -0.3 is 4.90 Å². The summed E-state index contributed by atoms with van der Waals surface area (Å²) in [5, 5.41) is 0.530. The van der Waals surface area contributed by atoms with Gasteiger partial charge in [0.15, 0.2) is 0 Å². The van der Waals surface area contributed by atoms with Gasteiger partial charge >= 0.3 is 0 Å². The van der Waals surface area contributed by atoms with Crippen molar-refractivity contribution in [2.24, 2.45) is 0 Å². The van der Waals surface area contributed by atoms with Crippen LogP contribution in [0.3, 0.4) is 0 Å². The summed E-state index contributed by atoms with van der Waals surface area (Å²) in [6, 6.07) is 0.491. The predicted octanol–water partition coefficient (Wildman–Crippen LogP) is 2.10. The maximum absolute atomic E-state index is 11.2. The molecule has 2 aliphatic rings. The highest BCUT2D eigenvalue weighted by Crippen LogP contribution is 2.36. The fraction of sp³-hybridized carbons (Fsp3) is 0.889. The summed E-state index contributed by atoms with van der Waals surface area (Å²) in [5.41, 5.74) is 0. The molecule has 2 atom stereocenters. The second-order valence-corrected chi connectivity index (χ2v) is 4.19. The normalized spacial score (nSPS) is 32.9. The van der Waals surface area contributed by atoms with Crippen LogP contribution < -0.4 is 0 Å². The first kappa shape index (κ1) is 9.90. The molecular weight excluding hydrogens is 170 g/mol. The highest BCUT2D eigenvalue weighted by atomic mass is 32.2. The fourth-order valence-electron chi connectivity index (χ4n) is 1.70. The highest BCUT2D eigenvalue weighted by molar-refractivity contribution is 8.00. The molecule has 0 aromatic carbocycles. The van der Waals surface area contributed by atoms with Crippen molar-refractivity contribution in [1.82, 2.24) is 4.90 Å². The lowest BCUT2D eigenvalue weighted by molar-refractivity contribution is -0.129. The van der Waals surface area contributed by atoms with Crippen molar-refractivity contribution in [3.8, 4) is 0 Å². The van der Waals surface area contributed by atoms with Gasteiger partial charge in [-0.3, -0.25) is 4.79 Å². The van der Waals surface area contributed by atoms with Crippen LogP contribution in [0.25, 0.3) is 0 Å². The zero-order valence-electron chi connectivity index (χ0n) is 8.04. The smallest absolute Gasteiger partial charge is 0.223 e. The predicted molar refractivity (Wildman–Crippen MR) is 53.1 cm³/mol. The molecule has 2 saturated heterocycles. The van der Waals surface area contributed by atoms with Crippen molar-refractivity contribution in [1.29, 1.82) is 0 Å². The van der Waals surface area contributed by atoms with Crippen molar-refractivity contribution >= 4 is 17.7 Å². The van der Waals surface area contributed by atoms with Crippen LogP contribution in [0, 0.1) is 0 Å². The molecule has 0 bridgehead atoms. The molecule has 2 nitrogen and oxygen atoms in total. The number of amides is 1. The monoisotopic (exact) mass is 187 g/mol. The van der Waals surface area contributed by atoms with Gasteiger partial charge in [0.05, 0.1) is 5.37 Å². The lowest BCUT2D eigenvalue weighted by Gasteiger charge is -2.18. The standard InChI is InChI=1S/C7H11NOS.C2H6/c1-5-4-10-7-3-2-6(9)8(5)7;1-2/h5,7H,2-4H2,1H3;1-2H3/t5?,7-;/m0./s1. The molecule has 0 saturated carbocycles. The third-order valence-corrected chi connectivity index (χ3v) is 3.73. The molecule has 2 heterocycles. The topological polar surface area (TPSA) is 20.3 Å². The molecule has 1 amide bonds. The summed E-state index contributed by atoms with van der Waals surface area (Å²) in [7, 11) is 0. The summed E-state index contributed by atoms with van der Waals surface area (Å²) >= 11 is 1.93. The van der Waals surface area contributed by atoms with Gasteiger partial charge in [-0.25, -0.2) is 0 Å². The van der Waals surface area contributed by atoms with Crippen LogP contribution in [-0.2, 0) is 4.79 Å². The van der Waals surface area contributed by atoms with Gasteiger partial charge in [-0.05, 0) is 13.3 Å². The molecule has 12 heavy (non-hydrogen) atoms. The van der Waals surface area contributed by atoms with E-state index in [9.17, 15) is 4.79 Å². The Bertz CT molecular complexity index is 172. The second-order valence-electron chi connectivity index (χ2n) is 2.98. The molecule has 0 aliphatic carbocycles. The maximum Gasteiger partial charge on any atom is 0.223 e. The fourth-order valence-corrected chi connectivity index (χ4v) is 3.13. The van der Waals surface area contributed by atoms with Crippen molar-refractivity contribution in [3.63, 3.8) is 0 Å². The Morgan fingerprint density at radius 1 is 1.50 bits per heavy atom. The molecule has 3 heteroatoms. The quantitative estimate of drug-likeness (QED) is 0.579. The number of nitrogens with zero attached hydrogens (tertiary/aromatic N) is 1. The van der Waals surface area contributed by atoms with E-state index in [0.717, 1.165) is 18.6 Å². The van der Waals surface area contributed by atoms with E-state index < -0.39 is 0 Å². The van der Waals surface area contributed by atoms with Gasteiger partial charge in [-0.15, -0.1) is 11.8 Å². The van der Waals surface area contributed by atoms with Crippen LogP contribution in [0.2, 0.25) is 0 Å². The van der Waals surface area contributed by atoms with Crippen molar-refractivity contribution in [2.75, 3.05) is 5.75 Å². The van der Waals surface area contributed by atoms with Crippen molar-refractivity contribution in [3.05, 3.63) is 0 Å². The number of rotatable bonds is 0. The Balaban J connectivity index is 0.000000336. The molecule has 2 fully saturated rings. The molecule has 0 N–H and O–H groups in total. The lowest BCUT2D eigenvalue weighted by atomic mass is 10.3. The molecular formula is C9H17NOS. The summed E-state index contributed by atoms with van der Waals surface area (Å²) in [4.78, 5) is 13.2. The number of thioether (sulfide) groups is 1. The van der Waals surface area contributed by atoms with Crippen LogP contribution in [0.4, 0.5) is 0 Å². The van der Waals surface area contributed by atoms with Gasteiger partial charge in [0, 0.05) is 18.2 Å². The van der Waals surface area contributed by atoms with E-state index in [1.54, 1.807) is 0 Å². The van der Waals surface area contributed by atoms with Crippen LogP contribution in [-0.4, -0.2) is 28.0 Å². The Morgan fingerprint density at radius 3 is 2.75 bits per heavy atom. The molecule has 0 aromatic heterocycles. The summed E-state index contributed by atoms with van der Waals surface area (Å²) in [5.74, 6) is 1.50. The number of fused-ring (bicyclic) bond motifs is 1. The summed E-state index contributed by atoms with van der Waals surface area (Å²) in [6.07, 6.45) is 1.86. The van der Waals surface area contributed by atoms with Crippen molar-refractivity contribution < 1.29 is 4.79 Å². The summed E-state index contributed by atoms with van der Waals surface area (Å²) < 4.78 is 0. The molecule has 2 aliphatic heterocycles. The van der Waals surface area contributed by atoms with E-state index in [0.29, 0.717) is 17.3 Å². The molecule has 1 unspecified atom stereocenters. The van der Waals surface area contributed by atoms with Crippen LogP contribution in [0.5, 0.6) is 0 Å². The Labute approximate surface area is 78.7 Å². The maximum atomic E-state index is 11.2. The van der Waals surface area contributed by atoms with Gasteiger partial charge in [-0.1, -0.05) is 13.8 Å². The lowest BCUT2D eigenvalue weighted by Crippen LogP contribution is -2.33. The second kappa shape index (κ2) is 4.17. The van der Waals surface area contributed by atoms with Gasteiger partial charge in [-0.2, -0.15) is 0 Å². The van der Waals surface area contributed by atoms with Crippen LogP contribution >= 0.6 is 11.8 Å². The van der Waals surface area contributed by atoms with E-state index in [4.69, 9.17) is 0 Å². The molecule has 2 rings (SSSR count). The average molecular weight is 187 g/mol. The Kier molecular flexibility index (Phi) is 3.44. The van der Waals surface area contributed by atoms with E-state index in [2.05, 4.69) is 6.92 Å². The van der Waals surface area contributed by atoms with Crippen LogP contribution in [0.15, 0.2) is 0 Å². The third-order valence-electron chi connectivity index (χ3n) is 2.21. The first-order valence-electron chi connectivity index (χ1n) is 4.72. The first-order chi connectivity index (χ1) is 5.79. The molecule has 70 valence electrons. The van der Waals surface area contributed by atoms with E-state index >= 15 is 0 Å². The number of carbonyl (C=O) groups is 1. The number of hydrogen-bond acceptors (Lipinski definition) is 2. The van der Waals surface area contributed by atoms with Crippen molar-refractivity contribution in [2.45, 2.75) is 45.0 Å². The Hall–Kier alpha value is -0.180. The zero-order valence-corrected chi connectivity index (χ0v) is 8.86. The third kappa shape index (κ3) is 1.60. The van der Waals surface area contributed by atoms with E-state index in [-0.39, 0.29) is 0 Å². The van der Waals surface area contributed by atoms with Crippen LogP contribution in [0.1, 0.15) is 33.6 Å². The van der Waals surface area contributed by atoms with E-state index in [1.165, 1.54) is 0 Å².